The first kappa shape index (κ1) is 13.4. The average molecular weight is 280 g/mol. The summed E-state index contributed by atoms with van der Waals surface area (Å²) in [5, 5.41) is 5.93. The Hall–Kier alpha value is -2.01. The molecule has 100 valence electrons. The van der Waals surface area contributed by atoms with Crippen LogP contribution in [0.3, 0.4) is 0 Å². The van der Waals surface area contributed by atoms with Crippen molar-refractivity contribution in [3.63, 3.8) is 0 Å². The van der Waals surface area contributed by atoms with Crippen molar-refractivity contribution in [1.82, 2.24) is 10.3 Å². The number of pyridine rings is 1. The zero-order valence-corrected chi connectivity index (χ0v) is 11.2. The Bertz CT molecular complexity index is 555. The summed E-state index contributed by atoms with van der Waals surface area (Å²) in [5.74, 6) is 1.21. The molecule has 0 atom stereocenters. The molecule has 1 amide bonds. The van der Waals surface area contributed by atoms with Gasteiger partial charge >= 0.3 is 0 Å². The highest BCUT2D eigenvalue weighted by atomic mass is 35.5. The van der Waals surface area contributed by atoms with Crippen LogP contribution < -0.4 is 10.6 Å². The number of nitrogens with one attached hydrogen (secondary N) is 2. The maximum Gasteiger partial charge on any atom is 0.251 e. The predicted molar refractivity (Wildman–Crippen MR) is 73.5 cm³/mol. The third kappa shape index (κ3) is 3.72. The monoisotopic (exact) mass is 279 g/mol. The molecule has 5 nitrogen and oxygen atoms in total. The number of aromatic nitrogens is 1. The van der Waals surface area contributed by atoms with Gasteiger partial charge in [-0.25, -0.2) is 4.98 Å². The summed E-state index contributed by atoms with van der Waals surface area (Å²) in [6, 6.07) is 6.87. The number of anilines is 1. The van der Waals surface area contributed by atoms with Gasteiger partial charge in [-0.2, -0.15) is 0 Å². The fourth-order valence-electron chi connectivity index (χ4n) is 1.61. The summed E-state index contributed by atoms with van der Waals surface area (Å²) in [5.41, 5.74) is 0.476. The molecule has 0 spiro atoms. The molecule has 0 aliphatic heterocycles. The number of furan rings is 1. The molecule has 0 radical (unpaired) electrons. The maximum absolute atomic E-state index is 11.9. The largest absolute Gasteiger partial charge is 0.469 e. The van der Waals surface area contributed by atoms with E-state index in [1.165, 1.54) is 6.07 Å². The molecule has 0 unspecified atom stereocenters. The van der Waals surface area contributed by atoms with Gasteiger partial charge in [0.15, 0.2) is 0 Å². The normalized spacial score (nSPS) is 10.2. The molecule has 0 aliphatic rings. The number of halogens is 1. The van der Waals surface area contributed by atoms with Crippen molar-refractivity contribution in [3.05, 3.63) is 47.0 Å². The second-order valence-electron chi connectivity index (χ2n) is 3.90. The number of amides is 1. The number of nitrogens with zero attached hydrogens (tertiary/aromatic N) is 1. The van der Waals surface area contributed by atoms with Crippen LogP contribution in [0.5, 0.6) is 0 Å². The lowest BCUT2D eigenvalue weighted by atomic mass is 10.2. The first-order valence-corrected chi connectivity index (χ1v) is 6.23. The van der Waals surface area contributed by atoms with Crippen molar-refractivity contribution in [2.24, 2.45) is 0 Å². The first-order valence-electron chi connectivity index (χ1n) is 5.85. The summed E-state index contributed by atoms with van der Waals surface area (Å²) in [6.45, 7) is 0.501. The zero-order valence-electron chi connectivity index (χ0n) is 10.4. The minimum absolute atomic E-state index is 0.188. The molecule has 2 N–H and O–H groups in total. The Morgan fingerprint density at radius 3 is 3.00 bits per heavy atom. The van der Waals surface area contributed by atoms with Gasteiger partial charge in [0.1, 0.15) is 16.7 Å². The van der Waals surface area contributed by atoms with Crippen LogP contribution in [0.25, 0.3) is 0 Å². The molecule has 0 aromatic carbocycles. The van der Waals surface area contributed by atoms with Crippen molar-refractivity contribution >= 4 is 23.3 Å². The Morgan fingerprint density at radius 2 is 2.32 bits per heavy atom. The van der Waals surface area contributed by atoms with E-state index < -0.39 is 0 Å². The molecule has 19 heavy (non-hydrogen) atoms. The van der Waals surface area contributed by atoms with Crippen LogP contribution in [0.15, 0.2) is 34.9 Å². The van der Waals surface area contributed by atoms with Crippen LogP contribution in [0, 0.1) is 0 Å². The highest BCUT2D eigenvalue weighted by Crippen LogP contribution is 2.14. The van der Waals surface area contributed by atoms with E-state index in [1.807, 2.05) is 12.1 Å². The quantitative estimate of drug-likeness (QED) is 0.825. The van der Waals surface area contributed by atoms with Crippen molar-refractivity contribution < 1.29 is 9.21 Å². The number of rotatable bonds is 5. The van der Waals surface area contributed by atoms with Gasteiger partial charge < -0.3 is 15.1 Å². The van der Waals surface area contributed by atoms with Crippen molar-refractivity contribution in [1.29, 1.82) is 0 Å². The number of hydrogen-bond donors (Lipinski definition) is 2. The maximum atomic E-state index is 11.9. The lowest BCUT2D eigenvalue weighted by Gasteiger charge is -2.06. The Labute approximate surface area is 116 Å². The third-order valence-corrected chi connectivity index (χ3v) is 2.74. The Kier molecular flexibility index (Phi) is 4.41. The van der Waals surface area contributed by atoms with Gasteiger partial charge in [0, 0.05) is 25.6 Å². The fraction of sp³-hybridized carbons (Fsp3) is 0.231. The lowest BCUT2D eigenvalue weighted by Crippen LogP contribution is -2.25. The number of carbonyl (C=O) groups excluding carboxylic acids is 1. The van der Waals surface area contributed by atoms with Crippen LogP contribution in [0.2, 0.25) is 5.15 Å². The standard InChI is InChI=1S/C13H14ClN3O2/c1-15-12-8-9(7-11(14)17-12)13(18)16-5-4-10-3-2-6-19-10/h2-3,6-8H,4-5H2,1H3,(H,15,17)(H,16,18). The fourth-order valence-corrected chi connectivity index (χ4v) is 1.82. The Balaban J connectivity index is 1.94. The predicted octanol–water partition coefficient (Wildman–Crippen LogP) is 2.34. The topological polar surface area (TPSA) is 67.2 Å². The molecule has 0 fully saturated rings. The molecule has 2 heterocycles. The highest BCUT2D eigenvalue weighted by molar-refractivity contribution is 6.29. The van der Waals surface area contributed by atoms with E-state index in [1.54, 1.807) is 19.4 Å². The van der Waals surface area contributed by atoms with E-state index in [4.69, 9.17) is 16.0 Å². The van der Waals surface area contributed by atoms with Crippen LogP contribution in [0.4, 0.5) is 5.82 Å². The summed E-state index contributed by atoms with van der Waals surface area (Å²) in [7, 11) is 1.72. The molecule has 0 bridgehead atoms. The van der Waals surface area contributed by atoms with Crippen LogP contribution in [-0.2, 0) is 6.42 Å². The van der Waals surface area contributed by atoms with Gasteiger partial charge in [0.05, 0.1) is 6.26 Å². The van der Waals surface area contributed by atoms with E-state index in [0.29, 0.717) is 24.3 Å². The molecule has 0 saturated heterocycles. The minimum atomic E-state index is -0.188. The number of carbonyl (C=O) groups is 1. The van der Waals surface area contributed by atoms with Gasteiger partial charge in [-0.05, 0) is 24.3 Å². The number of hydrogen-bond acceptors (Lipinski definition) is 4. The van der Waals surface area contributed by atoms with Crippen molar-refractivity contribution in [2.75, 3.05) is 18.9 Å². The lowest BCUT2D eigenvalue weighted by molar-refractivity contribution is 0.0953. The van der Waals surface area contributed by atoms with E-state index >= 15 is 0 Å². The molecule has 2 rings (SSSR count). The summed E-state index contributed by atoms with van der Waals surface area (Å²) in [4.78, 5) is 16.0. The second kappa shape index (κ2) is 6.24. The zero-order chi connectivity index (χ0) is 13.7. The Morgan fingerprint density at radius 1 is 1.47 bits per heavy atom. The molecule has 2 aromatic rings. The molecule has 0 saturated carbocycles. The molecule has 6 heteroatoms. The van der Waals surface area contributed by atoms with Gasteiger partial charge in [-0.3, -0.25) is 4.79 Å². The van der Waals surface area contributed by atoms with E-state index in [9.17, 15) is 4.79 Å². The van der Waals surface area contributed by atoms with E-state index in [0.717, 1.165) is 5.76 Å². The minimum Gasteiger partial charge on any atom is -0.469 e. The van der Waals surface area contributed by atoms with Gasteiger partial charge in [0.2, 0.25) is 0 Å². The van der Waals surface area contributed by atoms with E-state index in [-0.39, 0.29) is 11.1 Å². The van der Waals surface area contributed by atoms with Crippen LogP contribution >= 0.6 is 11.6 Å². The average Bonchev–Trinajstić information content (AvgIpc) is 2.91. The van der Waals surface area contributed by atoms with Crippen molar-refractivity contribution in [3.8, 4) is 0 Å². The van der Waals surface area contributed by atoms with Gasteiger partial charge in [0.25, 0.3) is 5.91 Å². The third-order valence-electron chi connectivity index (χ3n) is 2.55. The molecule has 0 aliphatic carbocycles. The smallest absolute Gasteiger partial charge is 0.251 e. The molecular formula is C13H14ClN3O2. The first-order chi connectivity index (χ1) is 9.19. The summed E-state index contributed by atoms with van der Waals surface area (Å²) in [6.07, 6.45) is 2.26. The van der Waals surface area contributed by atoms with Gasteiger partial charge in [-0.15, -0.1) is 0 Å². The van der Waals surface area contributed by atoms with Crippen molar-refractivity contribution in [2.45, 2.75) is 6.42 Å². The second-order valence-corrected chi connectivity index (χ2v) is 4.29. The summed E-state index contributed by atoms with van der Waals surface area (Å²) >= 11 is 5.84. The SMILES string of the molecule is CNc1cc(C(=O)NCCc2ccco2)cc(Cl)n1. The van der Waals surface area contributed by atoms with E-state index in [2.05, 4.69) is 15.6 Å². The van der Waals surface area contributed by atoms with Crippen LogP contribution in [-0.4, -0.2) is 24.5 Å². The van der Waals surface area contributed by atoms with Crippen LogP contribution in [0.1, 0.15) is 16.1 Å². The molecule has 2 aromatic heterocycles. The summed E-state index contributed by atoms with van der Waals surface area (Å²) < 4.78 is 5.18. The molecular weight excluding hydrogens is 266 g/mol. The van der Waals surface area contributed by atoms with Gasteiger partial charge in [-0.1, -0.05) is 11.6 Å². The highest BCUT2D eigenvalue weighted by Gasteiger charge is 2.08.